The van der Waals surface area contributed by atoms with Crippen LogP contribution in [0, 0.1) is 18.3 Å². The van der Waals surface area contributed by atoms with Crippen LogP contribution in [0.15, 0.2) is 63.3 Å². The number of benzene rings is 1. The van der Waals surface area contributed by atoms with Crippen LogP contribution < -0.4 is 10.5 Å². The normalized spacial score (nSPS) is 15.5. The summed E-state index contributed by atoms with van der Waals surface area (Å²) in [5.74, 6) is 0.404. The Hall–Kier alpha value is -3.48. The first-order valence-corrected chi connectivity index (χ1v) is 12.3. The summed E-state index contributed by atoms with van der Waals surface area (Å²) in [6.45, 7) is 7.82. The summed E-state index contributed by atoms with van der Waals surface area (Å²) in [6, 6.07) is 13.2. The predicted molar refractivity (Wildman–Crippen MR) is 128 cm³/mol. The molecule has 0 spiro atoms. The van der Waals surface area contributed by atoms with Gasteiger partial charge in [0.2, 0.25) is 9.84 Å². The van der Waals surface area contributed by atoms with Gasteiger partial charge in [0.1, 0.15) is 22.4 Å². The zero-order chi connectivity index (χ0) is 23.6. The maximum absolute atomic E-state index is 13.5. The number of aryl methyl sites for hydroxylation is 1. The van der Waals surface area contributed by atoms with E-state index in [4.69, 9.17) is 4.98 Å². The van der Waals surface area contributed by atoms with E-state index >= 15 is 0 Å². The summed E-state index contributed by atoms with van der Waals surface area (Å²) in [6.07, 6.45) is 2.78. The van der Waals surface area contributed by atoms with Gasteiger partial charge < -0.3 is 9.80 Å². The largest absolute Gasteiger partial charge is 0.353 e. The Kier molecular flexibility index (Phi) is 6.31. The molecule has 0 aliphatic carbocycles. The van der Waals surface area contributed by atoms with E-state index in [1.807, 2.05) is 17.9 Å². The molecule has 9 heteroatoms. The molecule has 0 bridgehead atoms. The van der Waals surface area contributed by atoms with Crippen molar-refractivity contribution in [2.75, 3.05) is 37.6 Å². The van der Waals surface area contributed by atoms with Crippen LogP contribution in [0.3, 0.4) is 0 Å². The van der Waals surface area contributed by atoms with E-state index in [2.05, 4.69) is 11.8 Å². The van der Waals surface area contributed by atoms with Gasteiger partial charge in [-0.25, -0.2) is 13.4 Å². The molecule has 3 aromatic rings. The van der Waals surface area contributed by atoms with E-state index in [1.54, 1.807) is 36.5 Å². The van der Waals surface area contributed by atoms with Crippen LogP contribution in [0.2, 0.25) is 0 Å². The van der Waals surface area contributed by atoms with Crippen molar-refractivity contribution < 1.29 is 8.42 Å². The Balaban J connectivity index is 1.93. The second-order valence-electron chi connectivity index (χ2n) is 7.90. The van der Waals surface area contributed by atoms with Crippen molar-refractivity contribution >= 4 is 27.4 Å². The number of sulfone groups is 1. The maximum atomic E-state index is 13.5. The highest BCUT2D eigenvalue weighted by Crippen LogP contribution is 2.25. The minimum Gasteiger partial charge on any atom is -0.353 e. The maximum Gasteiger partial charge on any atom is 0.267 e. The lowest BCUT2D eigenvalue weighted by Crippen LogP contribution is -2.47. The molecule has 170 valence electrons. The van der Waals surface area contributed by atoms with Crippen LogP contribution in [0.1, 0.15) is 18.1 Å². The number of fused-ring (bicyclic) bond motifs is 1. The summed E-state index contributed by atoms with van der Waals surface area (Å²) in [5.41, 5.74) is 1.03. The van der Waals surface area contributed by atoms with Gasteiger partial charge in [-0.3, -0.25) is 9.20 Å². The SMILES string of the molecule is CCN1CCN(c2nc3c(C)cccn3c(=O)c2C=C(C#N)S(=O)(=O)c2ccccc2)CC1. The van der Waals surface area contributed by atoms with Crippen LogP contribution in [-0.4, -0.2) is 55.4 Å². The summed E-state index contributed by atoms with van der Waals surface area (Å²) in [4.78, 5) is 22.1. The van der Waals surface area contributed by atoms with Crippen molar-refractivity contribution in [2.45, 2.75) is 18.7 Å². The fourth-order valence-electron chi connectivity index (χ4n) is 3.97. The Labute approximate surface area is 192 Å². The lowest BCUT2D eigenvalue weighted by molar-refractivity contribution is 0.270. The van der Waals surface area contributed by atoms with Gasteiger partial charge in [-0.1, -0.05) is 31.2 Å². The Morgan fingerprint density at radius 1 is 1.12 bits per heavy atom. The number of nitriles is 1. The highest BCUT2D eigenvalue weighted by atomic mass is 32.2. The number of piperazine rings is 1. The summed E-state index contributed by atoms with van der Waals surface area (Å²) < 4.78 is 27.7. The number of hydrogen-bond acceptors (Lipinski definition) is 7. The molecule has 1 aromatic carbocycles. The standard InChI is InChI=1S/C24H25N5O3S/c1-3-27-12-14-28(15-13-27)23-21(24(30)29-11-7-8-18(2)22(29)26-23)16-20(17-25)33(31,32)19-9-5-4-6-10-19/h4-11,16H,3,12-15H2,1-2H3. The zero-order valence-corrected chi connectivity index (χ0v) is 19.4. The number of aromatic nitrogens is 2. The molecule has 0 amide bonds. The third-order valence-corrected chi connectivity index (χ3v) is 7.59. The van der Waals surface area contributed by atoms with E-state index in [9.17, 15) is 18.5 Å². The molecule has 2 aromatic heterocycles. The van der Waals surface area contributed by atoms with Crippen molar-refractivity contribution in [1.29, 1.82) is 5.26 Å². The van der Waals surface area contributed by atoms with Crippen LogP contribution >= 0.6 is 0 Å². The van der Waals surface area contributed by atoms with Crippen LogP contribution in [0.25, 0.3) is 11.7 Å². The Bertz CT molecular complexity index is 1410. The van der Waals surface area contributed by atoms with E-state index < -0.39 is 20.3 Å². The zero-order valence-electron chi connectivity index (χ0n) is 18.6. The first-order chi connectivity index (χ1) is 15.9. The third-order valence-electron chi connectivity index (χ3n) is 5.91. The van der Waals surface area contributed by atoms with E-state index in [0.29, 0.717) is 24.6 Å². The van der Waals surface area contributed by atoms with Gasteiger partial charge in [-0.2, -0.15) is 5.26 Å². The topological polar surface area (TPSA) is 98.8 Å². The minimum atomic E-state index is -4.09. The van der Waals surface area contributed by atoms with Crippen LogP contribution in [0.4, 0.5) is 5.82 Å². The monoisotopic (exact) mass is 463 g/mol. The van der Waals surface area contributed by atoms with E-state index in [-0.39, 0.29) is 10.5 Å². The molecule has 0 N–H and O–H groups in total. The number of anilines is 1. The Morgan fingerprint density at radius 2 is 1.82 bits per heavy atom. The third kappa shape index (κ3) is 4.27. The molecule has 8 nitrogen and oxygen atoms in total. The minimum absolute atomic E-state index is 0.000560. The summed E-state index contributed by atoms with van der Waals surface area (Å²) >= 11 is 0. The fraction of sp³-hybridized carbons (Fsp3) is 0.292. The van der Waals surface area contributed by atoms with E-state index in [1.165, 1.54) is 22.6 Å². The molecule has 1 aliphatic rings. The second-order valence-corrected chi connectivity index (χ2v) is 9.82. The van der Waals surface area contributed by atoms with Crippen molar-refractivity contribution in [3.05, 3.63) is 75.0 Å². The van der Waals surface area contributed by atoms with Crippen molar-refractivity contribution in [3.8, 4) is 6.07 Å². The van der Waals surface area contributed by atoms with Gasteiger partial charge in [0.25, 0.3) is 5.56 Å². The van der Waals surface area contributed by atoms with Crippen LogP contribution in [0.5, 0.6) is 0 Å². The number of allylic oxidation sites excluding steroid dienone is 1. The number of likely N-dealkylation sites (N-methyl/N-ethyl adjacent to an activating group) is 1. The van der Waals surface area contributed by atoms with Crippen molar-refractivity contribution in [2.24, 2.45) is 0 Å². The molecule has 0 unspecified atom stereocenters. The van der Waals surface area contributed by atoms with Gasteiger partial charge in [-0.05, 0) is 43.3 Å². The van der Waals surface area contributed by atoms with Gasteiger partial charge in [0.05, 0.1) is 10.5 Å². The summed E-state index contributed by atoms with van der Waals surface area (Å²) in [7, 11) is -4.09. The molecule has 0 saturated carbocycles. The van der Waals surface area contributed by atoms with Crippen molar-refractivity contribution in [1.82, 2.24) is 14.3 Å². The molecular weight excluding hydrogens is 438 g/mol. The van der Waals surface area contributed by atoms with Gasteiger partial charge in [0, 0.05) is 32.4 Å². The molecule has 4 rings (SSSR count). The number of nitrogens with zero attached hydrogens (tertiary/aromatic N) is 5. The molecule has 1 saturated heterocycles. The highest BCUT2D eigenvalue weighted by Gasteiger charge is 2.26. The number of hydrogen-bond donors (Lipinski definition) is 0. The predicted octanol–water partition coefficient (Wildman–Crippen LogP) is 2.48. The summed E-state index contributed by atoms with van der Waals surface area (Å²) in [5, 5.41) is 9.75. The second kappa shape index (κ2) is 9.17. The number of rotatable bonds is 5. The smallest absolute Gasteiger partial charge is 0.267 e. The highest BCUT2D eigenvalue weighted by molar-refractivity contribution is 7.95. The van der Waals surface area contributed by atoms with Crippen LogP contribution in [-0.2, 0) is 9.84 Å². The van der Waals surface area contributed by atoms with Crippen molar-refractivity contribution in [3.63, 3.8) is 0 Å². The number of pyridine rings is 1. The molecule has 33 heavy (non-hydrogen) atoms. The lowest BCUT2D eigenvalue weighted by Gasteiger charge is -2.35. The first-order valence-electron chi connectivity index (χ1n) is 10.8. The average Bonchev–Trinajstić information content (AvgIpc) is 2.84. The van der Waals surface area contributed by atoms with Gasteiger partial charge >= 0.3 is 0 Å². The average molecular weight is 464 g/mol. The Morgan fingerprint density at radius 3 is 2.45 bits per heavy atom. The van der Waals surface area contributed by atoms with E-state index in [0.717, 1.165) is 25.2 Å². The lowest BCUT2D eigenvalue weighted by atomic mass is 10.2. The molecular formula is C24H25N5O3S. The molecule has 0 atom stereocenters. The quantitative estimate of drug-likeness (QED) is 0.536. The molecule has 1 aliphatic heterocycles. The molecule has 0 radical (unpaired) electrons. The molecule has 3 heterocycles. The van der Waals surface area contributed by atoms with Gasteiger partial charge in [-0.15, -0.1) is 0 Å². The van der Waals surface area contributed by atoms with Gasteiger partial charge in [0.15, 0.2) is 0 Å². The fourth-order valence-corrected chi connectivity index (χ4v) is 5.13. The molecule has 1 fully saturated rings. The first kappa shape index (κ1) is 22.7.